The van der Waals surface area contributed by atoms with Crippen LogP contribution < -0.4 is 14.8 Å². The lowest BCUT2D eigenvalue weighted by Crippen LogP contribution is -2.45. The maximum Gasteiger partial charge on any atom is 0.265 e. The van der Waals surface area contributed by atoms with Gasteiger partial charge in [-0.25, -0.2) is 0 Å². The van der Waals surface area contributed by atoms with Crippen LogP contribution in [0.2, 0.25) is 0 Å². The Morgan fingerprint density at radius 3 is 2.96 bits per heavy atom. The number of likely N-dealkylation sites (N-methyl/N-ethyl adjacent to an activating group) is 1. The van der Waals surface area contributed by atoms with E-state index < -0.39 is 0 Å². The van der Waals surface area contributed by atoms with Crippen LogP contribution in [0.25, 0.3) is 0 Å². The summed E-state index contributed by atoms with van der Waals surface area (Å²) in [5.74, 6) is 1.19. The molecule has 126 valence electrons. The van der Waals surface area contributed by atoms with E-state index in [1.807, 2.05) is 5.38 Å². The summed E-state index contributed by atoms with van der Waals surface area (Å²) in [7, 11) is 2.11. The summed E-state index contributed by atoms with van der Waals surface area (Å²) < 4.78 is 11.1. The Kier molecular flexibility index (Phi) is 4.16. The minimum Gasteiger partial charge on any atom is -0.485 e. The number of carbonyl (C=O) groups is 1. The fraction of sp³-hybridized carbons (Fsp3) is 0.389. The number of thiophene rings is 1. The summed E-state index contributed by atoms with van der Waals surface area (Å²) in [4.78, 5) is 15.4. The summed E-state index contributed by atoms with van der Waals surface area (Å²) in [6, 6.07) is 8.82. The van der Waals surface area contributed by atoms with Crippen LogP contribution in [-0.2, 0) is 13.0 Å². The van der Waals surface area contributed by atoms with Crippen LogP contribution in [0.5, 0.6) is 11.5 Å². The predicted molar refractivity (Wildman–Crippen MR) is 93.0 cm³/mol. The highest BCUT2D eigenvalue weighted by molar-refractivity contribution is 7.12. The zero-order valence-corrected chi connectivity index (χ0v) is 14.4. The van der Waals surface area contributed by atoms with Gasteiger partial charge in [0.25, 0.3) is 5.91 Å². The average Bonchev–Trinajstić information content (AvgIpc) is 3.04. The molecule has 0 saturated heterocycles. The first-order valence-electron chi connectivity index (χ1n) is 8.14. The number of benzene rings is 1. The van der Waals surface area contributed by atoms with Crippen LogP contribution in [0.1, 0.15) is 20.8 Å². The molecule has 0 saturated carbocycles. The molecule has 1 unspecified atom stereocenters. The van der Waals surface area contributed by atoms with Crippen molar-refractivity contribution in [3.8, 4) is 11.5 Å². The zero-order chi connectivity index (χ0) is 16.5. The zero-order valence-electron chi connectivity index (χ0n) is 13.6. The summed E-state index contributed by atoms with van der Waals surface area (Å²) in [6.45, 7) is 2.57. The number of ether oxygens (including phenoxy) is 2. The number of amides is 1. The van der Waals surface area contributed by atoms with Crippen LogP contribution in [-0.4, -0.2) is 43.7 Å². The molecule has 0 spiro atoms. The lowest BCUT2D eigenvalue weighted by atomic mass is 9.94. The van der Waals surface area contributed by atoms with Crippen LogP contribution in [0.3, 0.4) is 0 Å². The van der Waals surface area contributed by atoms with Crippen LogP contribution in [0.15, 0.2) is 29.6 Å². The molecule has 1 aromatic heterocycles. The Labute approximate surface area is 145 Å². The molecule has 4 rings (SSSR count). The van der Waals surface area contributed by atoms with Crippen LogP contribution in [0.4, 0.5) is 0 Å². The van der Waals surface area contributed by atoms with Crippen LogP contribution in [0, 0.1) is 0 Å². The van der Waals surface area contributed by atoms with E-state index in [4.69, 9.17) is 9.47 Å². The van der Waals surface area contributed by atoms with Gasteiger partial charge in [0.15, 0.2) is 11.5 Å². The Morgan fingerprint density at radius 1 is 1.29 bits per heavy atom. The molecule has 3 heterocycles. The van der Waals surface area contributed by atoms with Gasteiger partial charge in [0.05, 0.1) is 0 Å². The third-order valence-electron chi connectivity index (χ3n) is 4.62. The average molecular weight is 344 g/mol. The van der Waals surface area contributed by atoms with Crippen molar-refractivity contribution in [3.63, 3.8) is 0 Å². The van der Waals surface area contributed by atoms with Gasteiger partial charge in [-0.1, -0.05) is 24.3 Å². The Balaban J connectivity index is 1.42. The molecule has 1 amide bonds. The number of carbonyl (C=O) groups excluding carboxylic acids is 1. The molecule has 5 nitrogen and oxygen atoms in total. The van der Waals surface area contributed by atoms with E-state index in [0.29, 0.717) is 42.2 Å². The first kappa shape index (κ1) is 15.5. The number of fused-ring (bicyclic) bond motifs is 2. The molecule has 0 radical (unpaired) electrons. The SMILES string of the molecule is CN1Cc2ccccc2CC1CNC(=O)c1scc2c1OCCO2. The minimum atomic E-state index is -0.0843. The normalized spacial score (nSPS) is 19.6. The monoisotopic (exact) mass is 344 g/mol. The quantitative estimate of drug-likeness (QED) is 0.928. The molecule has 0 bridgehead atoms. The standard InChI is InChI=1S/C18H20N2O3S/c1-20-10-13-5-3-2-4-12(13)8-14(20)9-19-18(21)17-16-15(11-24-17)22-6-7-23-16/h2-5,11,14H,6-10H2,1H3,(H,19,21). The van der Waals surface area contributed by atoms with E-state index in [0.717, 1.165) is 13.0 Å². The maximum absolute atomic E-state index is 12.5. The summed E-state index contributed by atoms with van der Waals surface area (Å²) >= 11 is 1.37. The van der Waals surface area contributed by atoms with Crippen molar-refractivity contribution in [3.05, 3.63) is 45.6 Å². The lowest BCUT2D eigenvalue weighted by molar-refractivity contribution is 0.0929. The van der Waals surface area contributed by atoms with Crippen molar-refractivity contribution in [1.82, 2.24) is 10.2 Å². The molecule has 0 fully saturated rings. The van der Waals surface area contributed by atoms with Gasteiger partial charge in [-0.2, -0.15) is 0 Å². The van der Waals surface area contributed by atoms with Crippen molar-refractivity contribution in [2.75, 3.05) is 26.8 Å². The minimum absolute atomic E-state index is 0.0843. The van der Waals surface area contributed by atoms with Gasteiger partial charge in [0.2, 0.25) is 0 Å². The van der Waals surface area contributed by atoms with E-state index in [-0.39, 0.29) is 5.91 Å². The van der Waals surface area contributed by atoms with Gasteiger partial charge in [0.1, 0.15) is 18.1 Å². The van der Waals surface area contributed by atoms with E-state index >= 15 is 0 Å². The molecule has 0 aliphatic carbocycles. The lowest BCUT2D eigenvalue weighted by Gasteiger charge is -2.34. The smallest absolute Gasteiger partial charge is 0.265 e. The van der Waals surface area contributed by atoms with Crippen molar-refractivity contribution in [2.24, 2.45) is 0 Å². The molecule has 1 atom stereocenters. The van der Waals surface area contributed by atoms with E-state index in [9.17, 15) is 4.79 Å². The van der Waals surface area contributed by atoms with Gasteiger partial charge in [-0.15, -0.1) is 11.3 Å². The molecule has 2 aliphatic rings. The van der Waals surface area contributed by atoms with Gasteiger partial charge < -0.3 is 14.8 Å². The second kappa shape index (κ2) is 6.45. The first-order valence-corrected chi connectivity index (χ1v) is 9.02. The summed E-state index contributed by atoms with van der Waals surface area (Å²) in [6.07, 6.45) is 0.953. The molecule has 6 heteroatoms. The molecule has 2 aliphatic heterocycles. The second-order valence-electron chi connectivity index (χ2n) is 6.21. The Bertz CT molecular complexity index is 758. The Morgan fingerprint density at radius 2 is 2.08 bits per heavy atom. The van der Waals surface area contributed by atoms with E-state index in [2.05, 4.69) is 41.5 Å². The fourth-order valence-corrected chi connectivity index (χ4v) is 4.10. The molecular weight excluding hydrogens is 324 g/mol. The van der Waals surface area contributed by atoms with E-state index in [1.54, 1.807) is 0 Å². The molecule has 24 heavy (non-hydrogen) atoms. The fourth-order valence-electron chi connectivity index (χ4n) is 3.26. The number of hydrogen-bond acceptors (Lipinski definition) is 5. The Hall–Kier alpha value is -2.05. The van der Waals surface area contributed by atoms with Gasteiger partial charge in [-0.3, -0.25) is 9.69 Å². The third-order valence-corrected chi connectivity index (χ3v) is 5.56. The van der Waals surface area contributed by atoms with Crippen molar-refractivity contribution >= 4 is 17.2 Å². The van der Waals surface area contributed by atoms with Gasteiger partial charge in [-0.05, 0) is 24.6 Å². The van der Waals surface area contributed by atoms with E-state index in [1.165, 1.54) is 22.5 Å². The highest BCUT2D eigenvalue weighted by atomic mass is 32.1. The largest absolute Gasteiger partial charge is 0.485 e. The highest BCUT2D eigenvalue weighted by Crippen LogP contribution is 2.39. The predicted octanol–water partition coefficient (Wildman–Crippen LogP) is 2.31. The first-order chi connectivity index (χ1) is 11.7. The molecule has 2 aromatic rings. The number of hydrogen-bond donors (Lipinski definition) is 1. The second-order valence-corrected chi connectivity index (χ2v) is 7.09. The van der Waals surface area contributed by atoms with Crippen molar-refractivity contribution < 1.29 is 14.3 Å². The third kappa shape index (κ3) is 2.87. The van der Waals surface area contributed by atoms with Crippen molar-refractivity contribution in [2.45, 2.75) is 19.0 Å². The number of nitrogens with zero attached hydrogens (tertiary/aromatic N) is 1. The van der Waals surface area contributed by atoms with Crippen LogP contribution >= 0.6 is 11.3 Å². The number of rotatable bonds is 3. The summed E-state index contributed by atoms with van der Waals surface area (Å²) in [5, 5.41) is 4.90. The number of nitrogens with one attached hydrogen (secondary N) is 1. The van der Waals surface area contributed by atoms with Gasteiger partial charge in [0, 0.05) is 24.5 Å². The maximum atomic E-state index is 12.5. The highest BCUT2D eigenvalue weighted by Gasteiger charge is 2.26. The molecule has 1 aromatic carbocycles. The molecule has 1 N–H and O–H groups in total. The van der Waals surface area contributed by atoms with Crippen molar-refractivity contribution in [1.29, 1.82) is 0 Å². The summed E-state index contributed by atoms with van der Waals surface area (Å²) in [5.41, 5.74) is 2.75. The van der Waals surface area contributed by atoms with Gasteiger partial charge >= 0.3 is 0 Å². The molecular formula is C18H20N2O3S. The topological polar surface area (TPSA) is 50.8 Å².